The first-order valence-electron chi connectivity index (χ1n) is 6.55. The number of hydrogen-bond acceptors (Lipinski definition) is 5. The highest BCUT2D eigenvalue weighted by Crippen LogP contribution is 2.22. The van der Waals surface area contributed by atoms with Gasteiger partial charge in [0.2, 0.25) is 0 Å². The van der Waals surface area contributed by atoms with Crippen molar-refractivity contribution in [3.8, 4) is 5.75 Å². The van der Waals surface area contributed by atoms with E-state index in [9.17, 15) is 0 Å². The number of hydrogen-bond donors (Lipinski definition) is 1. The monoisotopic (exact) mass is 266 g/mol. The minimum absolute atomic E-state index is 0.691. The van der Waals surface area contributed by atoms with Gasteiger partial charge in [-0.2, -0.15) is 5.48 Å². The third kappa shape index (κ3) is 4.18. The summed E-state index contributed by atoms with van der Waals surface area (Å²) in [7, 11) is 3.34. The molecular weight excluding hydrogens is 244 g/mol. The molecule has 5 nitrogen and oxygen atoms in total. The third-order valence-corrected chi connectivity index (χ3v) is 3.26. The molecule has 5 heteroatoms. The molecule has 0 aliphatic carbocycles. The zero-order valence-corrected chi connectivity index (χ0v) is 11.6. The van der Waals surface area contributed by atoms with Crippen LogP contribution < -0.4 is 10.2 Å². The van der Waals surface area contributed by atoms with Gasteiger partial charge in [-0.25, -0.2) is 0 Å². The van der Waals surface area contributed by atoms with E-state index in [1.807, 2.05) is 12.1 Å². The normalized spacial score (nSPS) is 16.5. The molecule has 1 heterocycles. The van der Waals surface area contributed by atoms with E-state index in [1.165, 1.54) is 11.1 Å². The van der Waals surface area contributed by atoms with Crippen LogP contribution >= 0.6 is 0 Å². The molecule has 0 unspecified atom stereocenters. The molecule has 1 saturated heterocycles. The number of nitrogens with zero attached hydrogens (tertiary/aromatic N) is 1. The number of rotatable bonds is 6. The number of nitrogens with one attached hydrogen (secondary N) is 1. The molecule has 0 bridgehead atoms. The van der Waals surface area contributed by atoms with Crippen LogP contribution in [0, 0.1) is 0 Å². The van der Waals surface area contributed by atoms with Crippen molar-refractivity contribution in [2.45, 2.75) is 13.1 Å². The van der Waals surface area contributed by atoms with E-state index in [0.29, 0.717) is 6.54 Å². The predicted molar refractivity (Wildman–Crippen MR) is 72.9 cm³/mol. The van der Waals surface area contributed by atoms with Crippen LogP contribution in [0.25, 0.3) is 0 Å². The summed E-state index contributed by atoms with van der Waals surface area (Å²) in [6, 6.07) is 6.23. The van der Waals surface area contributed by atoms with Crippen molar-refractivity contribution >= 4 is 0 Å². The first kappa shape index (κ1) is 14.3. The van der Waals surface area contributed by atoms with E-state index in [4.69, 9.17) is 14.3 Å². The van der Waals surface area contributed by atoms with Crippen LogP contribution in [0.1, 0.15) is 11.1 Å². The third-order valence-electron chi connectivity index (χ3n) is 3.26. The van der Waals surface area contributed by atoms with Crippen molar-refractivity contribution in [3.05, 3.63) is 29.3 Å². The number of ether oxygens (including phenoxy) is 2. The van der Waals surface area contributed by atoms with Gasteiger partial charge in [-0.1, -0.05) is 6.07 Å². The molecule has 106 valence electrons. The first-order chi connectivity index (χ1) is 9.33. The molecule has 0 saturated carbocycles. The average molecular weight is 266 g/mol. The summed E-state index contributed by atoms with van der Waals surface area (Å²) in [5, 5.41) is 0. The lowest BCUT2D eigenvalue weighted by atomic mass is 10.1. The quantitative estimate of drug-likeness (QED) is 0.783. The summed E-state index contributed by atoms with van der Waals surface area (Å²) >= 11 is 0. The molecule has 1 fully saturated rings. The summed E-state index contributed by atoms with van der Waals surface area (Å²) in [5.41, 5.74) is 5.25. The van der Waals surface area contributed by atoms with Crippen LogP contribution in [0.5, 0.6) is 5.75 Å². The van der Waals surface area contributed by atoms with E-state index in [1.54, 1.807) is 14.2 Å². The van der Waals surface area contributed by atoms with Crippen molar-refractivity contribution in [3.63, 3.8) is 0 Å². The van der Waals surface area contributed by atoms with Gasteiger partial charge in [-0.15, -0.1) is 0 Å². The smallest absolute Gasteiger partial charge is 0.123 e. The predicted octanol–water partition coefficient (Wildman–Crippen LogP) is 1.18. The van der Waals surface area contributed by atoms with Crippen LogP contribution in [0.3, 0.4) is 0 Å². The number of methoxy groups -OCH3 is 1. The van der Waals surface area contributed by atoms with Crippen molar-refractivity contribution in [2.24, 2.45) is 0 Å². The minimum Gasteiger partial charge on any atom is -0.496 e. The Kier molecular flexibility index (Phi) is 5.60. The highest BCUT2D eigenvalue weighted by molar-refractivity contribution is 5.37. The van der Waals surface area contributed by atoms with Gasteiger partial charge in [-0.05, 0) is 17.7 Å². The second kappa shape index (κ2) is 7.45. The second-order valence-electron chi connectivity index (χ2n) is 4.56. The second-order valence-corrected chi connectivity index (χ2v) is 4.56. The molecule has 0 atom stereocenters. The minimum atomic E-state index is 0.691. The molecule has 0 radical (unpaired) electrons. The lowest BCUT2D eigenvalue weighted by molar-refractivity contribution is 0.0338. The Morgan fingerprint density at radius 1 is 1.26 bits per heavy atom. The average Bonchev–Trinajstić information content (AvgIpc) is 2.46. The number of benzene rings is 1. The van der Waals surface area contributed by atoms with Gasteiger partial charge in [-0.3, -0.25) is 4.90 Å². The standard InChI is InChI=1S/C14H22N2O3/c1-17-14-4-3-12(10-15-18-2)9-13(14)11-16-5-7-19-8-6-16/h3-4,9,15H,5-8,10-11H2,1-2H3. The topological polar surface area (TPSA) is 43.0 Å². The summed E-state index contributed by atoms with van der Waals surface area (Å²) in [6.45, 7) is 5.16. The summed E-state index contributed by atoms with van der Waals surface area (Å²) < 4.78 is 10.8. The summed E-state index contributed by atoms with van der Waals surface area (Å²) in [4.78, 5) is 7.27. The summed E-state index contributed by atoms with van der Waals surface area (Å²) in [6.07, 6.45) is 0. The van der Waals surface area contributed by atoms with Crippen molar-refractivity contribution in [1.82, 2.24) is 10.4 Å². The maximum atomic E-state index is 5.44. The summed E-state index contributed by atoms with van der Waals surface area (Å²) in [5.74, 6) is 0.938. The molecule has 1 N–H and O–H groups in total. The van der Waals surface area contributed by atoms with Crippen LogP contribution in [0.15, 0.2) is 18.2 Å². The van der Waals surface area contributed by atoms with Crippen LogP contribution in [-0.2, 0) is 22.7 Å². The molecule has 1 aliphatic heterocycles. The van der Waals surface area contributed by atoms with E-state index in [-0.39, 0.29) is 0 Å². The fourth-order valence-corrected chi connectivity index (χ4v) is 2.22. The first-order valence-corrected chi connectivity index (χ1v) is 6.55. The zero-order valence-electron chi connectivity index (χ0n) is 11.6. The number of hydroxylamine groups is 1. The van der Waals surface area contributed by atoms with Gasteiger partial charge in [0.25, 0.3) is 0 Å². The Hall–Kier alpha value is -1.14. The lowest BCUT2D eigenvalue weighted by Crippen LogP contribution is -2.35. The van der Waals surface area contributed by atoms with E-state index in [2.05, 4.69) is 16.4 Å². The van der Waals surface area contributed by atoms with E-state index in [0.717, 1.165) is 38.6 Å². The molecule has 0 amide bonds. The number of morpholine rings is 1. The highest BCUT2D eigenvalue weighted by Gasteiger charge is 2.13. The Labute approximate surface area is 114 Å². The molecular formula is C14H22N2O3. The molecule has 0 spiro atoms. The van der Waals surface area contributed by atoms with Crippen LogP contribution in [0.2, 0.25) is 0 Å². The zero-order chi connectivity index (χ0) is 13.5. The SMILES string of the molecule is CONCc1ccc(OC)c(CN2CCOCC2)c1. The molecule has 0 aromatic heterocycles. The molecule has 19 heavy (non-hydrogen) atoms. The molecule has 1 aromatic rings. The van der Waals surface area contributed by atoms with E-state index >= 15 is 0 Å². The maximum Gasteiger partial charge on any atom is 0.123 e. The van der Waals surface area contributed by atoms with Gasteiger partial charge in [0.05, 0.1) is 27.4 Å². The molecule has 2 rings (SSSR count). The Morgan fingerprint density at radius 2 is 2.05 bits per heavy atom. The van der Waals surface area contributed by atoms with Gasteiger partial charge in [0.1, 0.15) is 5.75 Å². The van der Waals surface area contributed by atoms with Crippen molar-refractivity contribution in [2.75, 3.05) is 40.5 Å². The molecule has 1 aliphatic rings. The fourth-order valence-electron chi connectivity index (χ4n) is 2.22. The highest BCUT2D eigenvalue weighted by atomic mass is 16.6. The Bertz CT molecular complexity index is 392. The van der Waals surface area contributed by atoms with Gasteiger partial charge < -0.3 is 14.3 Å². The van der Waals surface area contributed by atoms with Crippen molar-refractivity contribution in [1.29, 1.82) is 0 Å². The van der Waals surface area contributed by atoms with Gasteiger partial charge in [0.15, 0.2) is 0 Å². The largest absolute Gasteiger partial charge is 0.496 e. The lowest BCUT2D eigenvalue weighted by Gasteiger charge is -2.27. The van der Waals surface area contributed by atoms with Crippen LogP contribution in [0.4, 0.5) is 0 Å². The van der Waals surface area contributed by atoms with Gasteiger partial charge >= 0.3 is 0 Å². The Balaban J connectivity index is 2.06. The van der Waals surface area contributed by atoms with E-state index < -0.39 is 0 Å². The fraction of sp³-hybridized carbons (Fsp3) is 0.571. The molecule has 1 aromatic carbocycles. The van der Waals surface area contributed by atoms with Gasteiger partial charge in [0, 0.05) is 31.7 Å². The van der Waals surface area contributed by atoms with Crippen molar-refractivity contribution < 1.29 is 14.3 Å². The Morgan fingerprint density at radius 3 is 2.74 bits per heavy atom. The van der Waals surface area contributed by atoms with Crippen LogP contribution in [-0.4, -0.2) is 45.4 Å². The maximum absolute atomic E-state index is 5.44.